The van der Waals surface area contributed by atoms with Crippen LogP contribution in [0.4, 0.5) is 13.2 Å². The third-order valence-electron chi connectivity index (χ3n) is 2.44. The summed E-state index contributed by atoms with van der Waals surface area (Å²) < 4.78 is 38.0. The van der Waals surface area contributed by atoms with Gasteiger partial charge in [-0.1, -0.05) is 18.2 Å². The Balaban J connectivity index is 3.23. The summed E-state index contributed by atoms with van der Waals surface area (Å²) in [6, 6.07) is 5.00. The van der Waals surface area contributed by atoms with Crippen LogP contribution in [0.3, 0.4) is 0 Å². The molecule has 1 aromatic carbocycles. The van der Waals surface area contributed by atoms with Gasteiger partial charge in [-0.3, -0.25) is 0 Å². The van der Waals surface area contributed by atoms with Crippen LogP contribution in [0.2, 0.25) is 0 Å². The summed E-state index contributed by atoms with van der Waals surface area (Å²) in [4.78, 5) is 0. The minimum absolute atomic E-state index is 0.0834. The van der Waals surface area contributed by atoms with Crippen LogP contribution >= 0.6 is 0 Å². The van der Waals surface area contributed by atoms with Crippen LogP contribution in [0.1, 0.15) is 24.5 Å². The minimum Gasteiger partial charge on any atom is -0.385 e. The molecule has 0 radical (unpaired) electrons. The van der Waals surface area contributed by atoms with Gasteiger partial charge >= 0.3 is 6.18 Å². The molecular weight excluding hydrogens is 219 g/mol. The second-order valence-corrected chi connectivity index (χ2v) is 3.86. The molecule has 1 aromatic rings. The van der Waals surface area contributed by atoms with E-state index in [1.54, 1.807) is 0 Å². The molecule has 1 unspecified atom stereocenters. The van der Waals surface area contributed by atoms with Crippen LogP contribution in [0.25, 0.3) is 0 Å². The Labute approximate surface area is 91.9 Å². The van der Waals surface area contributed by atoms with Crippen molar-refractivity contribution >= 4 is 0 Å². The second-order valence-electron chi connectivity index (χ2n) is 3.86. The lowest BCUT2D eigenvalue weighted by atomic mass is 9.88. The van der Waals surface area contributed by atoms with Gasteiger partial charge in [0.05, 0.1) is 11.2 Å². The zero-order valence-corrected chi connectivity index (χ0v) is 8.88. The Kier molecular flexibility index (Phi) is 3.60. The highest BCUT2D eigenvalue weighted by Gasteiger charge is 2.37. The smallest absolute Gasteiger partial charge is 0.385 e. The zero-order chi connectivity index (χ0) is 12.4. The largest absolute Gasteiger partial charge is 0.416 e. The number of hydrogen-bond acceptors (Lipinski definition) is 2. The first-order chi connectivity index (χ1) is 7.29. The Hall–Kier alpha value is -1.07. The van der Waals surface area contributed by atoms with Crippen molar-refractivity contribution in [3.05, 3.63) is 35.4 Å². The quantitative estimate of drug-likeness (QED) is 0.841. The van der Waals surface area contributed by atoms with E-state index in [4.69, 9.17) is 5.73 Å². The Morgan fingerprint density at radius 1 is 1.19 bits per heavy atom. The SMILES string of the molecule is CC(O)(CCN)c1ccccc1C(F)(F)F. The number of benzene rings is 1. The van der Waals surface area contributed by atoms with Crippen molar-refractivity contribution in [3.63, 3.8) is 0 Å². The lowest BCUT2D eigenvalue weighted by molar-refractivity contribution is -0.140. The number of aliphatic hydroxyl groups is 1. The van der Waals surface area contributed by atoms with E-state index in [9.17, 15) is 18.3 Å². The van der Waals surface area contributed by atoms with Crippen LogP contribution in [0, 0.1) is 0 Å². The van der Waals surface area contributed by atoms with E-state index in [1.165, 1.54) is 25.1 Å². The molecule has 0 bridgehead atoms. The van der Waals surface area contributed by atoms with Crippen molar-refractivity contribution in [1.82, 2.24) is 0 Å². The highest BCUT2D eigenvalue weighted by Crippen LogP contribution is 2.37. The fourth-order valence-electron chi connectivity index (χ4n) is 1.62. The highest BCUT2D eigenvalue weighted by atomic mass is 19.4. The maximum atomic E-state index is 12.7. The van der Waals surface area contributed by atoms with Gasteiger partial charge in [-0.2, -0.15) is 13.2 Å². The molecule has 0 aromatic heterocycles. The summed E-state index contributed by atoms with van der Waals surface area (Å²) in [7, 11) is 0. The monoisotopic (exact) mass is 233 g/mol. The summed E-state index contributed by atoms with van der Waals surface area (Å²) in [5, 5.41) is 9.95. The maximum Gasteiger partial charge on any atom is 0.416 e. The summed E-state index contributed by atoms with van der Waals surface area (Å²) >= 11 is 0. The van der Waals surface area contributed by atoms with Crippen LogP contribution in [-0.2, 0) is 11.8 Å². The number of nitrogens with two attached hydrogens (primary N) is 1. The molecule has 0 saturated heterocycles. The standard InChI is InChI=1S/C11H14F3NO/c1-10(16,6-7-15)8-4-2-3-5-9(8)11(12,13)14/h2-5,16H,6-7,15H2,1H3. The third-order valence-corrected chi connectivity index (χ3v) is 2.44. The molecule has 0 spiro atoms. The average Bonchev–Trinajstić information content (AvgIpc) is 2.16. The van der Waals surface area contributed by atoms with Crippen molar-refractivity contribution < 1.29 is 18.3 Å². The van der Waals surface area contributed by atoms with Gasteiger partial charge in [-0.25, -0.2) is 0 Å². The normalized spacial score (nSPS) is 15.9. The average molecular weight is 233 g/mol. The van der Waals surface area contributed by atoms with Crippen LogP contribution < -0.4 is 5.73 Å². The second kappa shape index (κ2) is 4.43. The summed E-state index contributed by atoms with van der Waals surface area (Å²) in [6.07, 6.45) is -4.38. The number of rotatable bonds is 3. The van der Waals surface area contributed by atoms with Crippen molar-refractivity contribution in [2.24, 2.45) is 5.73 Å². The minimum atomic E-state index is -4.46. The van der Waals surface area contributed by atoms with E-state index in [2.05, 4.69) is 0 Å². The van der Waals surface area contributed by atoms with Crippen molar-refractivity contribution in [3.8, 4) is 0 Å². The fourth-order valence-corrected chi connectivity index (χ4v) is 1.62. The zero-order valence-electron chi connectivity index (χ0n) is 8.88. The Morgan fingerprint density at radius 3 is 2.12 bits per heavy atom. The molecule has 2 nitrogen and oxygen atoms in total. The predicted octanol–water partition coefficient (Wildman–Crippen LogP) is 2.26. The first kappa shape index (κ1) is 13.0. The first-order valence-electron chi connectivity index (χ1n) is 4.88. The fraction of sp³-hybridized carbons (Fsp3) is 0.455. The maximum absolute atomic E-state index is 12.7. The van der Waals surface area contributed by atoms with Crippen molar-refractivity contribution in [2.75, 3.05) is 6.54 Å². The molecule has 0 fully saturated rings. The molecule has 1 rings (SSSR count). The molecule has 5 heteroatoms. The van der Waals surface area contributed by atoms with Gasteiger partial charge in [0, 0.05) is 0 Å². The van der Waals surface area contributed by atoms with Crippen molar-refractivity contribution in [2.45, 2.75) is 25.1 Å². The molecule has 0 amide bonds. The molecule has 90 valence electrons. The van der Waals surface area contributed by atoms with Gasteiger partial charge < -0.3 is 10.8 Å². The highest BCUT2D eigenvalue weighted by molar-refractivity contribution is 5.34. The summed E-state index contributed by atoms with van der Waals surface area (Å²) in [5.41, 5.74) is 2.77. The Morgan fingerprint density at radius 2 is 1.69 bits per heavy atom. The third kappa shape index (κ3) is 2.74. The Bertz CT molecular complexity index is 360. The molecule has 3 N–H and O–H groups in total. The van der Waals surface area contributed by atoms with Gasteiger partial charge in [0.25, 0.3) is 0 Å². The number of alkyl halides is 3. The molecular formula is C11H14F3NO. The van der Waals surface area contributed by atoms with E-state index in [0.717, 1.165) is 6.07 Å². The molecule has 0 aliphatic rings. The first-order valence-corrected chi connectivity index (χ1v) is 4.88. The molecule has 0 aliphatic carbocycles. The van der Waals surface area contributed by atoms with Gasteiger partial charge in [-0.05, 0) is 31.5 Å². The molecule has 16 heavy (non-hydrogen) atoms. The number of hydrogen-bond donors (Lipinski definition) is 2. The van der Waals surface area contributed by atoms with Gasteiger partial charge in [0.15, 0.2) is 0 Å². The molecule has 1 atom stereocenters. The lowest BCUT2D eigenvalue weighted by Gasteiger charge is -2.26. The van der Waals surface area contributed by atoms with Crippen LogP contribution in [0.15, 0.2) is 24.3 Å². The van der Waals surface area contributed by atoms with E-state index < -0.39 is 17.3 Å². The summed E-state index contributed by atoms with van der Waals surface area (Å²) in [5.74, 6) is 0. The summed E-state index contributed by atoms with van der Waals surface area (Å²) in [6.45, 7) is 1.46. The number of halogens is 3. The van der Waals surface area contributed by atoms with Gasteiger partial charge in [-0.15, -0.1) is 0 Å². The van der Waals surface area contributed by atoms with E-state index in [1.807, 2.05) is 0 Å². The van der Waals surface area contributed by atoms with E-state index in [-0.39, 0.29) is 18.5 Å². The van der Waals surface area contributed by atoms with Crippen LogP contribution in [0.5, 0.6) is 0 Å². The lowest BCUT2D eigenvalue weighted by Crippen LogP contribution is -2.28. The van der Waals surface area contributed by atoms with Crippen LogP contribution in [-0.4, -0.2) is 11.7 Å². The topological polar surface area (TPSA) is 46.2 Å². The van der Waals surface area contributed by atoms with E-state index in [0.29, 0.717) is 0 Å². The molecule has 0 heterocycles. The van der Waals surface area contributed by atoms with Gasteiger partial charge in [0.1, 0.15) is 0 Å². The van der Waals surface area contributed by atoms with E-state index >= 15 is 0 Å². The molecule has 0 aliphatic heterocycles. The van der Waals surface area contributed by atoms with Gasteiger partial charge in [0.2, 0.25) is 0 Å². The predicted molar refractivity (Wildman–Crippen MR) is 54.7 cm³/mol. The molecule has 0 saturated carbocycles. The van der Waals surface area contributed by atoms with Crippen molar-refractivity contribution in [1.29, 1.82) is 0 Å².